The van der Waals surface area contributed by atoms with E-state index in [4.69, 9.17) is 0 Å². The van der Waals surface area contributed by atoms with Crippen LogP contribution in [0.4, 0.5) is 0 Å². The molecule has 19 heavy (non-hydrogen) atoms. The summed E-state index contributed by atoms with van der Waals surface area (Å²) >= 11 is 1.27. The number of aliphatic hydroxyl groups excluding tert-OH is 1. The zero-order valence-corrected chi connectivity index (χ0v) is 12.2. The number of hydrogen-bond donors (Lipinski definition) is 2. The molecule has 1 atom stereocenters. The molecule has 1 unspecified atom stereocenters. The zero-order valence-electron chi connectivity index (χ0n) is 10.6. The molecule has 0 amide bonds. The van der Waals surface area contributed by atoms with Gasteiger partial charge in [-0.25, -0.2) is 13.1 Å². The van der Waals surface area contributed by atoms with Crippen molar-refractivity contribution in [3.05, 3.63) is 16.3 Å². The molecule has 1 aromatic rings. The van der Waals surface area contributed by atoms with Gasteiger partial charge in [-0.15, -0.1) is 11.3 Å². The fourth-order valence-corrected chi connectivity index (χ4v) is 5.64. The van der Waals surface area contributed by atoms with Crippen LogP contribution in [0.2, 0.25) is 0 Å². The van der Waals surface area contributed by atoms with Crippen molar-refractivity contribution >= 4 is 21.4 Å². The van der Waals surface area contributed by atoms with Gasteiger partial charge in [-0.05, 0) is 43.3 Å². The second-order valence-electron chi connectivity index (χ2n) is 5.23. The van der Waals surface area contributed by atoms with Gasteiger partial charge in [-0.3, -0.25) is 0 Å². The standard InChI is InChI=1S/C12H18N2O3S2/c15-8-11-12(3-6-18-11)19(16,17)13-10-7-14-4-1-9(10)2-5-14/h3,6,9-10,13,15H,1-2,4-5,7-8H2. The molecule has 3 fully saturated rings. The van der Waals surface area contributed by atoms with E-state index < -0.39 is 10.0 Å². The van der Waals surface area contributed by atoms with Gasteiger partial charge in [0.15, 0.2) is 0 Å². The van der Waals surface area contributed by atoms with Crippen molar-refractivity contribution in [2.24, 2.45) is 5.92 Å². The first-order valence-electron chi connectivity index (χ1n) is 6.52. The van der Waals surface area contributed by atoms with Crippen molar-refractivity contribution < 1.29 is 13.5 Å². The van der Waals surface area contributed by atoms with E-state index >= 15 is 0 Å². The van der Waals surface area contributed by atoms with E-state index in [0.717, 1.165) is 32.5 Å². The van der Waals surface area contributed by atoms with Crippen molar-refractivity contribution in [2.75, 3.05) is 19.6 Å². The first-order valence-corrected chi connectivity index (χ1v) is 8.88. The van der Waals surface area contributed by atoms with E-state index in [1.165, 1.54) is 11.3 Å². The monoisotopic (exact) mass is 302 g/mol. The molecule has 3 saturated heterocycles. The number of piperidine rings is 3. The normalized spacial score (nSPS) is 30.7. The quantitative estimate of drug-likeness (QED) is 0.855. The highest BCUT2D eigenvalue weighted by Gasteiger charge is 2.36. The van der Waals surface area contributed by atoms with Gasteiger partial charge < -0.3 is 10.0 Å². The number of sulfonamides is 1. The maximum atomic E-state index is 12.4. The van der Waals surface area contributed by atoms with E-state index in [2.05, 4.69) is 9.62 Å². The third-order valence-corrected chi connectivity index (χ3v) is 6.71. The van der Waals surface area contributed by atoms with Crippen molar-refractivity contribution in [2.45, 2.75) is 30.4 Å². The summed E-state index contributed by atoms with van der Waals surface area (Å²) in [5, 5.41) is 10.9. The minimum absolute atomic E-state index is 0.0129. The van der Waals surface area contributed by atoms with E-state index in [9.17, 15) is 13.5 Å². The summed E-state index contributed by atoms with van der Waals surface area (Å²) in [6.45, 7) is 2.75. The van der Waals surface area contributed by atoms with Gasteiger partial charge in [0.2, 0.25) is 10.0 Å². The lowest BCUT2D eigenvalue weighted by Gasteiger charge is -2.44. The first kappa shape index (κ1) is 13.5. The van der Waals surface area contributed by atoms with E-state index in [0.29, 0.717) is 10.8 Å². The third-order valence-electron chi connectivity index (χ3n) is 4.10. The third kappa shape index (κ3) is 2.57. The molecule has 1 aromatic heterocycles. The summed E-state index contributed by atoms with van der Waals surface area (Å²) in [6.07, 6.45) is 2.15. The van der Waals surface area contributed by atoms with Gasteiger partial charge in [0, 0.05) is 17.5 Å². The van der Waals surface area contributed by atoms with Crippen molar-refractivity contribution in [1.29, 1.82) is 0 Å². The highest BCUT2D eigenvalue weighted by molar-refractivity contribution is 7.89. The van der Waals surface area contributed by atoms with Gasteiger partial charge >= 0.3 is 0 Å². The molecule has 0 aromatic carbocycles. The average molecular weight is 302 g/mol. The number of nitrogens with zero attached hydrogens (tertiary/aromatic N) is 1. The Morgan fingerprint density at radius 2 is 2.16 bits per heavy atom. The van der Waals surface area contributed by atoms with Crippen LogP contribution in [-0.2, 0) is 16.6 Å². The van der Waals surface area contributed by atoms with Crippen LogP contribution in [-0.4, -0.2) is 44.1 Å². The number of thiophene rings is 1. The van der Waals surface area contributed by atoms with Crippen molar-refractivity contribution in [3.63, 3.8) is 0 Å². The molecule has 5 nitrogen and oxygen atoms in total. The maximum absolute atomic E-state index is 12.4. The Hall–Kier alpha value is -0.470. The molecule has 3 aliphatic heterocycles. The Bertz CT molecular complexity index is 547. The Labute approximate surface area is 117 Å². The van der Waals surface area contributed by atoms with Crippen molar-refractivity contribution in [1.82, 2.24) is 9.62 Å². The van der Waals surface area contributed by atoms with Gasteiger partial charge in [0.05, 0.1) is 11.5 Å². The average Bonchev–Trinajstić information content (AvgIpc) is 2.89. The summed E-state index contributed by atoms with van der Waals surface area (Å²) in [5.74, 6) is 0.455. The zero-order chi connectivity index (χ0) is 13.5. The van der Waals surface area contributed by atoms with Crippen LogP contribution in [0, 0.1) is 5.92 Å². The van der Waals surface area contributed by atoms with Gasteiger partial charge in [0.25, 0.3) is 0 Å². The number of hydrogen-bond acceptors (Lipinski definition) is 5. The Morgan fingerprint density at radius 1 is 1.42 bits per heavy atom. The van der Waals surface area contributed by atoms with E-state index in [1.54, 1.807) is 11.4 Å². The molecule has 0 spiro atoms. The van der Waals surface area contributed by atoms with Crippen LogP contribution in [0.3, 0.4) is 0 Å². The molecular formula is C12H18N2O3S2. The molecule has 0 aliphatic carbocycles. The smallest absolute Gasteiger partial charge is 0.242 e. The van der Waals surface area contributed by atoms with Crippen LogP contribution in [0.25, 0.3) is 0 Å². The maximum Gasteiger partial charge on any atom is 0.242 e. The molecule has 2 N–H and O–H groups in total. The number of rotatable bonds is 4. The Morgan fingerprint density at radius 3 is 2.74 bits per heavy atom. The van der Waals surface area contributed by atoms with Gasteiger partial charge in [-0.2, -0.15) is 0 Å². The largest absolute Gasteiger partial charge is 0.391 e. The minimum Gasteiger partial charge on any atom is -0.391 e. The van der Waals surface area contributed by atoms with Crippen LogP contribution < -0.4 is 4.72 Å². The molecule has 4 heterocycles. The van der Waals surface area contributed by atoms with Crippen LogP contribution >= 0.6 is 11.3 Å². The van der Waals surface area contributed by atoms with Crippen LogP contribution in [0.15, 0.2) is 16.3 Å². The van der Waals surface area contributed by atoms with E-state index in [1.807, 2.05) is 0 Å². The summed E-state index contributed by atoms with van der Waals surface area (Å²) in [4.78, 5) is 3.05. The predicted octanol–water partition coefficient (Wildman–Crippen LogP) is 0.613. The van der Waals surface area contributed by atoms with Gasteiger partial charge in [0.1, 0.15) is 0 Å². The first-order chi connectivity index (χ1) is 9.10. The predicted molar refractivity (Wildman–Crippen MR) is 73.5 cm³/mol. The highest BCUT2D eigenvalue weighted by atomic mass is 32.2. The Kier molecular flexibility index (Phi) is 3.65. The topological polar surface area (TPSA) is 69.6 Å². The lowest BCUT2D eigenvalue weighted by Crippen LogP contribution is -2.57. The van der Waals surface area contributed by atoms with Crippen molar-refractivity contribution in [3.8, 4) is 0 Å². The molecule has 0 saturated carbocycles. The lowest BCUT2D eigenvalue weighted by molar-refractivity contribution is 0.0827. The Balaban J connectivity index is 1.79. The SMILES string of the molecule is O=S(=O)(NC1CN2CCC1CC2)c1ccsc1CO. The molecule has 7 heteroatoms. The number of nitrogens with one attached hydrogen (secondary N) is 1. The summed E-state index contributed by atoms with van der Waals surface area (Å²) in [7, 11) is -3.51. The highest BCUT2D eigenvalue weighted by Crippen LogP contribution is 2.29. The molecule has 4 rings (SSSR count). The number of aliphatic hydroxyl groups is 1. The fraction of sp³-hybridized carbons (Fsp3) is 0.667. The minimum atomic E-state index is -3.51. The van der Waals surface area contributed by atoms with Gasteiger partial charge in [-0.1, -0.05) is 0 Å². The van der Waals surface area contributed by atoms with Crippen LogP contribution in [0.5, 0.6) is 0 Å². The summed E-state index contributed by atoms with van der Waals surface area (Å²) in [5.41, 5.74) is 0. The summed E-state index contributed by atoms with van der Waals surface area (Å²) in [6, 6.07) is 1.58. The number of fused-ring (bicyclic) bond motifs is 3. The second kappa shape index (κ2) is 5.14. The molecular weight excluding hydrogens is 284 g/mol. The molecule has 3 aliphatic rings. The molecule has 0 radical (unpaired) electrons. The fourth-order valence-electron chi connectivity index (χ4n) is 3.04. The molecule has 2 bridgehead atoms. The second-order valence-corrected chi connectivity index (χ2v) is 7.92. The molecule has 106 valence electrons. The van der Waals surface area contributed by atoms with E-state index in [-0.39, 0.29) is 17.5 Å². The lowest BCUT2D eigenvalue weighted by atomic mass is 9.85. The van der Waals surface area contributed by atoms with Crippen LogP contribution in [0.1, 0.15) is 17.7 Å². The summed E-state index contributed by atoms with van der Waals surface area (Å²) < 4.78 is 27.6.